The molecule has 2 N–H and O–H groups in total. The summed E-state index contributed by atoms with van der Waals surface area (Å²) in [5, 5.41) is 0. The van der Waals surface area contributed by atoms with E-state index < -0.39 is 0 Å². The van der Waals surface area contributed by atoms with Gasteiger partial charge in [-0.3, -0.25) is 0 Å². The van der Waals surface area contributed by atoms with Gasteiger partial charge < -0.3 is 15.2 Å². The Morgan fingerprint density at radius 3 is 2.52 bits per heavy atom. The molecule has 4 heteroatoms. The third-order valence-corrected chi connectivity index (χ3v) is 3.37. The van der Waals surface area contributed by atoms with Gasteiger partial charge in [-0.2, -0.15) is 0 Å². The molecule has 110 valence electrons. The molecule has 0 aliphatic heterocycles. The highest BCUT2D eigenvalue weighted by atomic mass is 32.1. The average molecular weight is 301 g/mol. The van der Waals surface area contributed by atoms with E-state index in [4.69, 9.17) is 27.4 Å². The molecule has 0 saturated carbocycles. The fourth-order valence-corrected chi connectivity index (χ4v) is 2.08. The van der Waals surface area contributed by atoms with Gasteiger partial charge in [0.1, 0.15) is 17.3 Å². The Balaban J connectivity index is 1.93. The van der Waals surface area contributed by atoms with Gasteiger partial charge in [0.2, 0.25) is 0 Å². The van der Waals surface area contributed by atoms with Gasteiger partial charge in [0.15, 0.2) is 0 Å². The lowest BCUT2D eigenvalue weighted by atomic mass is 10.1. The van der Waals surface area contributed by atoms with Crippen LogP contribution in [0.3, 0.4) is 0 Å². The van der Waals surface area contributed by atoms with Crippen molar-refractivity contribution in [3.05, 3.63) is 65.2 Å². The van der Waals surface area contributed by atoms with Gasteiger partial charge in [-0.05, 0) is 35.7 Å². The quantitative estimate of drug-likeness (QED) is 0.798. The lowest BCUT2D eigenvalue weighted by Crippen LogP contribution is -2.09. The zero-order chi connectivity index (χ0) is 15.1. The van der Waals surface area contributed by atoms with E-state index in [1.54, 1.807) is 7.11 Å². The highest BCUT2D eigenvalue weighted by Crippen LogP contribution is 2.15. The van der Waals surface area contributed by atoms with Gasteiger partial charge in [0.05, 0.1) is 6.61 Å². The van der Waals surface area contributed by atoms with E-state index in [-0.39, 0.29) is 0 Å². The summed E-state index contributed by atoms with van der Waals surface area (Å²) in [6, 6.07) is 15.8. The minimum atomic E-state index is 0.402. The molecule has 3 nitrogen and oxygen atoms in total. The predicted molar refractivity (Wildman–Crippen MR) is 88.7 cm³/mol. The molecule has 0 spiro atoms. The van der Waals surface area contributed by atoms with E-state index in [1.807, 2.05) is 36.4 Å². The first-order chi connectivity index (χ1) is 10.2. The number of ether oxygens (including phenoxy) is 2. The van der Waals surface area contributed by atoms with Crippen LogP contribution in [0.5, 0.6) is 5.75 Å². The van der Waals surface area contributed by atoms with Gasteiger partial charge in [-0.15, -0.1) is 0 Å². The molecule has 0 amide bonds. The second kappa shape index (κ2) is 7.76. The molecular formula is C17H19NO2S. The molecule has 0 aromatic heterocycles. The molecule has 2 aromatic rings. The third-order valence-electron chi connectivity index (χ3n) is 3.14. The Bertz CT molecular complexity index is 596. The Kier molecular flexibility index (Phi) is 5.72. The fraction of sp³-hybridized carbons (Fsp3) is 0.235. The van der Waals surface area contributed by atoms with Crippen LogP contribution in [0.15, 0.2) is 48.5 Å². The molecule has 21 heavy (non-hydrogen) atoms. The molecule has 0 saturated heterocycles. The Labute approximate surface area is 130 Å². The smallest absolute Gasteiger partial charge is 0.119 e. The SMILES string of the molecule is COCCc1ccc(OCc2cccc(C(N)=S)c2)cc1. The van der Waals surface area contributed by atoms with Gasteiger partial charge in [0, 0.05) is 12.7 Å². The number of rotatable bonds is 7. The first kappa shape index (κ1) is 15.5. The number of hydrogen-bond donors (Lipinski definition) is 1. The van der Waals surface area contributed by atoms with Gasteiger partial charge in [0.25, 0.3) is 0 Å². The molecule has 0 unspecified atom stereocenters. The Hall–Kier alpha value is -1.91. The average Bonchev–Trinajstić information content (AvgIpc) is 2.52. The maximum Gasteiger partial charge on any atom is 0.119 e. The fourth-order valence-electron chi connectivity index (χ4n) is 1.95. The molecular weight excluding hydrogens is 282 g/mol. The zero-order valence-corrected chi connectivity index (χ0v) is 12.9. The molecule has 0 bridgehead atoms. The molecule has 0 heterocycles. The van der Waals surface area contributed by atoms with E-state index in [0.717, 1.165) is 29.9 Å². The minimum Gasteiger partial charge on any atom is -0.489 e. The molecule has 0 aliphatic carbocycles. The topological polar surface area (TPSA) is 44.5 Å². The van der Waals surface area contributed by atoms with Gasteiger partial charge in [-0.1, -0.05) is 42.5 Å². The van der Waals surface area contributed by atoms with Crippen LogP contribution in [0, 0.1) is 0 Å². The van der Waals surface area contributed by atoms with Crippen molar-refractivity contribution >= 4 is 17.2 Å². The number of thiocarbonyl (C=S) groups is 1. The largest absolute Gasteiger partial charge is 0.489 e. The molecule has 0 fully saturated rings. The van der Waals surface area contributed by atoms with Gasteiger partial charge in [-0.25, -0.2) is 0 Å². The monoisotopic (exact) mass is 301 g/mol. The van der Waals surface area contributed by atoms with Crippen LogP contribution in [0.1, 0.15) is 16.7 Å². The summed E-state index contributed by atoms with van der Waals surface area (Å²) in [5.41, 5.74) is 8.77. The van der Waals surface area contributed by atoms with Gasteiger partial charge >= 0.3 is 0 Å². The van der Waals surface area contributed by atoms with Crippen molar-refractivity contribution in [1.82, 2.24) is 0 Å². The number of benzene rings is 2. The van der Waals surface area contributed by atoms with Crippen LogP contribution in [-0.4, -0.2) is 18.7 Å². The molecule has 0 aliphatic rings. The normalized spacial score (nSPS) is 10.3. The van der Waals surface area contributed by atoms with Crippen LogP contribution in [-0.2, 0) is 17.8 Å². The van der Waals surface area contributed by atoms with Crippen molar-refractivity contribution < 1.29 is 9.47 Å². The number of methoxy groups -OCH3 is 1. The van der Waals surface area contributed by atoms with Crippen molar-refractivity contribution in [2.24, 2.45) is 5.73 Å². The lowest BCUT2D eigenvalue weighted by molar-refractivity contribution is 0.202. The zero-order valence-electron chi connectivity index (χ0n) is 12.0. The first-order valence-corrected chi connectivity index (χ1v) is 7.19. The third kappa shape index (κ3) is 4.85. The number of nitrogens with two attached hydrogens (primary N) is 1. The Morgan fingerprint density at radius 1 is 1.10 bits per heavy atom. The van der Waals surface area contributed by atoms with Crippen molar-refractivity contribution in [3.63, 3.8) is 0 Å². The summed E-state index contributed by atoms with van der Waals surface area (Å²) in [6.45, 7) is 1.22. The van der Waals surface area contributed by atoms with Crippen molar-refractivity contribution in [2.45, 2.75) is 13.0 Å². The maximum atomic E-state index is 5.77. The molecule has 2 aromatic carbocycles. The highest BCUT2D eigenvalue weighted by molar-refractivity contribution is 7.80. The summed E-state index contributed by atoms with van der Waals surface area (Å²) in [7, 11) is 1.71. The van der Waals surface area contributed by atoms with Crippen molar-refractivity contribution in [2.75, 3.05) is 13.7 Å². The molecule has 0 radical (unpaired) electrons. The molecule has 2 rings (SSSR count). The van der Waals surface area contributed by atoms with Crippen LogP contribution < -0.4 is 10.5 Å². The minimum absolute atomic E-state index is 0.402. The highest BCUT2D eigenvalue weighted by Gasteiger charge is 2.00. The first-order valence-electron chi connectivity index (χ1n) is 6.78. The van der Waals surface area contributed by atoms with Crippen LogP contribution in [0.4, 0.5) is 0 Å². The molecule has 0 atom stereocenters. The van der Waals surface area contributed by atoms with E-state index in [9.17, 15) is 0 Å². The second-order valence-corrected chi connectivity index (χ2v) is 5.18. The maximum absolute atomic E-state index is 5.77. The van der Waals surface area contributed by atoms with Crippen molar-refractivity contribution in [3.8, 4) is 5.75 Å². The Morgan fingerprint density at radius 2 is 1.86 bits per heavy atom. The summed E-state index contributed by atoms with van der Waals surface area (Å²) >= 11 is 4.98. The standard InChI is InChI=1S/C17H19NO2S/c1-19-10-9-13-5-7-16(8-6-13)20-12-14-3-2-4-15(11-14)17(18)21/h2-8,11H,9-10,12H2,1H3,(H2,18,21). The van der Waals surface area contributed by atoms with E-state index in [0.29, 0.717) is 11.6 Å². The summed E-state index contributed by atoms with van der Waals surface area (Å²) < 4.78 is 10.8. The van der Waals surface area contributed by atoms with E-state index >= 15 is 0 Å². The van der Waals surface area contributed by atoms with Crippen LogP contribution in [0.25, 0.3) is 0 Å². The van der Waals surface area contributed by atoms with Crippen LogP contribution >= 0.6 is 12.2 Å². The summed E-state index contributed by atoms with van der Waals surface area (Å²) in [4.78, 5) is 0.402. The van der Waals surface area contributed by atoms with E-state index in [1.165, 1.54) is 5.56 Å². The van der Waals surface area contributed by atoms with Crippen LogP contribution in [0.2, 0.25) is 0 Å². The lowest BCUT2D eigenvalue weighted by Gasteiger charge is -2.08. The number of hydrogen-bond acceptors (Lipinski definition) is 3. The van der Waals surface area contributed by atoms with Crippen molar-refractivity contribution in [1.29, 1.82) is 0 Å². The summed E-state index contributed by atoms with van der Waals surface area (Å²) in [6.07, 6.45) is 0.909. The second-order valence-electron chi connectivity index (χ2n) is 4.74. The predicted octanol–water partition coefficient (Wildman–Crippen LogP) is 3.09. The summed E-state index contributed by atoms with van der Waals surface area (Å²) in [5.74, 6) is 0.844. The van der Waals surface area contributed by atoms with E-state index in [2.05, 4.69) is 12.1 Å².